The molecule has 0 radical (unpaired) electrons. The molecule has 0 heterocycles. The summed E-state index contributed by atoms with van der Waals surface area (Å²) in [7, 11) is 0. The van der Waals surface area contributed by atoms with Crippen LogP contribution in [0.2, 0.25) is 0 Å². The summed E-state index contributed by atoms with van der Waals surface area (Å²) in [6.07, 6.45) is 3.76. The van der Waals surface area contributed by atoms with Crippen LogP contribution in [-0.4, -0.2) is 6.04 Å². The zero-order chi connectivity index (χ0) is 8.39. The molecule has 0 unspecified atom stereocenters. The summed E-state index contributed by atoms with van der Waals surface area (Å²) in [4.78, 5) is 0. The van der Waals surface area contributed by atoms with Crippen molar-refractivity contribution < 1.29 is 0 Å². The summed E-state index contributed by atoms with van der Waals surface area (Å²) in [5.74, 6) is 0.617. The molecule has 0 aromatic heterocycles. The van der Waals surface area contributed by atoms with Crippen LogP contribution in [0.25, 0.3) is 0 Å². The van der Waals surface area contributed by atoms with Crippen molar-refractivity contribution in [3.63, 3.8) is 0 Å². The minimum Gasteiger partial charge on any atom is -0.327 e. The summed E-state index contributed by atoms with van der Waals surface area (Å²) in [5, 5.41) is 0. The molecule has 1 fully saturated rings. The molecule has 2 N–H and O–H groups in total. The summed E-state index contributed by atoms with van der Waals surface area (Å²) in [6, 6.07) is 11.0. The van der Waals surface area contributed by atoms with Gasteiger partial charge in [-0.3, -0.25) is 0 Å². The highest BCUT2D eigenvalue weighted by molar-refractivity contribution is 5.22. The van der Waals surface area contributed by atoms with Crippen LogP contribution in [0, 0.1) is 0 Å². The molecule has 1 aliphatic carbocycles. The van der Waals surface area contributed by atoms with Gasteiger partial charge in [-0.05, 0) is 24.3 Å². The summed E-state index contributed by atoms with van der Waals surface area (Å²) < 4.78 is 0. The topological polar surface area (TPSA) is 26.0 Å². The summed E-state index contributed by atoms with van der Waals surface area (Å²) in [6.45, 7) is 0. The van der Waals surface area contributed by atoms with Gasteiger partial charge in [0.1, 0.15) is 0 Å². The van der Waals surface area contributed by atoms with E-state index < -0.39 is 0 Å². The van der Waals surface area contributed by atoms with Gasteiger partial charge in [-0.1, -0.05) is 36.8 Å². The molecule has 2 rings (SSSR count). The second-order valence-corrected chi connectivity index (χ2v) is 3.61. The fourth-order valence-corrected chi connectivity index (χ4v) is 2.10. The first-order chi connectivity index (χ1) is 5.88. The zero-order valence-corrected chi connectivity index (χ0v) is 7.24. The van der Waals surface area contributed by atoms with E-state index >= 15 is 0 Å². The van der Waals surface area contributed by atoms with Crippen LogP contribution in [0.3, 0.4) is 0 Å². The van der Waals surface area contributed by atoms with E-state index in [9.17, 15) is 0 Å². The lowest BCUT2D eigenvalue weighted by molar-refractivity contribution is 0.613. The Morgan fingerprint density at radius 2 is 1.83 bits per heavy atom. The molecule has 0 saturated heterocycles. The van der Waals surface area contributed by atoms with Crippen LogP contribution in [0.15, 0.2) is 30.3 Å². The lowest BCUT2D eigenvalue weighted by Gasteiger charge is -2.14. The Bertz CT molecular complexity index is 242. The predicted molar refractivity (Wildman–Crippen MR) is 51.0 cm³/mol. The van der Waals surface area contributed by atoms with Crippen LogP contribution in [-0.2, 0) is 0 Å². The van der Waals surface area contributed by atoms with Crippen LogP contribution >= 0.6 is 0 Å². The van der Waals surface area contributed by atoms with Gasteiger partial charge in [0, 0.05) is 6.04 Å². The second-order valence-electron chi connectivity index (χ2n) is 3.61. The lowest BCUT2D eigenvalue weighted by Crippen LogP contribution is -2.22. The van der Waals surface area contributed by atoms with E-state index in [1.165, 1.54) is 24.8 Å². The van der Waals surface area contributed by atoms with Gasteiger partial charge >= 0.3 is 0 Å². The number of hydrogen-bond donors (Lipinski definition) is 1. The van der Waals surface area contributed by atoms with E-state index in [0.29, 0.717) is 12.0 Å². The fourth-order valence-electron chi connectivity index (χ4n) is 2.10. The Labute approximate surface area is 73.6 Å². The van der Waals surface area contributed by atoms with E-state index in [2.05, 4.69) is 30.3 Å². The van der Waals surface area contributed by atoms with Crippen molar-refractivity contribution in [1.29, 1.82) is 0 Å². The van der Waals surface area contributed by atoms with E-state index in [1.807, 2.05) is 0 Å². The third-order valence-corrected chi connectivity index (χ3v) is 2.80. The predicted octanol–water partition coefficient (Wildman–Crippen LogP) is 2.28. The number of benzene rings is 1. The van der Waals surface area contributed by atoms with Crippen molar-refractivity contribution >= 4 is 0 Å². The summed E-state index contributed by atoms with van der Waals surface area (Å²) >= 11 is 0. The minimum absolute atomic E-state index is 0.396. The maximum absolute atomic E-state index is 6.01. The van der Waals surface area contributed by atoms with Gasteiger partial charge in [0.15, 0.2) is 0 Å². The van der Waals surface area contributed by atoms with Crippen molar-refractivity contribution in [3.8, 4) is 0 Å². The van der Waals surface area contributed by atoms with Gasteiger partial charge in [0.2, 0.25) is 0 Å². The first kappa shape index (κ1) is 7.81. The van der Waals surface area contributed by atoms with E-state index in [4.69, 9.17) is 5.73 Å². The highest BCUT2D eigenvalue weighted by Crippen LogP contribution is 2.32. The normalized spacial score (nSPS) is 29.1. The summed E-state index contributed by atoms with van der Waals surface area (Å²) in [5.41, 5.74) is 7.43. The molecule has 1 aromatic carbocycles. The molecule has 1 aromatic rings. The van der Waals surface area contributed by atoms with Crippen LogP contribution < -0.4 is 5.73 Å². The van der Waals surface area contributed by atoms with Crippen LogP contribution in [0.1, 0.15) is 30.7 Å². The third-order valence-electron chi connectivity index (χ3n) is 2.80. The average Bonchev–Trinajstić information content (AvgIpc) is 2.53. The Kier molecular flexibility index (Phi) is 2.13. The first-order valence-electron chi connectivity index (χ1n) is 4.68. The third kappa shape index (κ3) is 1.37. The maximum Gasteiger partial charge on any atom is 0.0108 e. The molecule has 2 atom stereocenters. The second kappa shape index (κ2) is 3.28. The van der Waals surface area contributed by atoms with Gasteiger partial charge in [-0.15, -0.1) is 0 Å². The van der Waals surface area contributed by atoms with Gasteiger partial charge in [0.05, 0.1) is 0 Å². The molecule has 1 aliphatic rings. The standard InChI is InChI=1S/C11H15N/c12-11-8-4-7-10(11)9-5-2-1-3-6-9/h1-3,5-6,10-11H,4,7-8,12H2/t10-,11-/m0/s1. The largest absolute Gasteiger partial charge is 0.327 e. The van der Waals surface area contributed by atoms with Crippen molar-refractivity contribution in [2.24, 2.45) is 5.73 Å². The molecular weight excluding hydrogens is 146 g/mol. The lowest BCUT2D eigenvalue weighted by atomic mass is 9.95. The van der Waals surface area contributed by atoms with Gasteiger partial charge < -0.3 is 5.73 Å². The molecule has 0 aliphatic heterocycles. The molecule has 64 valence electrons. The number of nitrogens with two attached hydrogens (primary N) is 1. The van der Waals surface area contributed by atoms with Crippen molar-refractivity contribution in [3.05, 3.63) is 35.9 Å². The van der Waals surface area contributed by atoms with Crippen LogP contribution in [0.4, 0.5) is 0 Å². The van der Waals surface area contributed by atoms with Crippen molar-refractivity contribution in [2.75, 3.05) is 0 Å². The number of rotatable bonds is 1. The Hall–Kier alpha value is -0.820. The monoisotopic (exact) mass is 161 g/mol. The van der Waals surface area contributed by atoms with Gasteiger partial charge in [-0.2, -0.15) is 0 Å². The van der Waals surface area contributed by atoms with E-state index in [-0.39, 0.29) is 0 Å². The Morgan fingerprint density at radius 3 is 2.42 bits per heavy atom. The average molecular weight is 161 g/mol. The molecule has 1 heteroatoms. The Morgan fingerprint density at radius 1 is 1.08 bits per heavy atom. The molecule has 0 spiro atoms. The molecule has 0 bridgehead atoms. The van der Waals surface area contributed by atoms with Crippen molar-refractivity contribution in [2.45, 2.75) is 31.2 Å². The Balaban J connectivity index is 2.19. The smallest absolute Gasteiger partial charge is 0.0108 e. The highest BCUT2D eigenvalue weighted by atomic mass is 14.7. The zero-order valence-electron chi connectivity index (χ0n) is 7.24. The van der Waals surface area contributed by atoms with E-state index in [1.54, 1.807) is 0 Å². The fraction of sp³-hybridized carbons (Fsp3) is 0.455. The molecular formula is C11H15N. The molecule has 0 amide bonds. The molecule has 12 heavy (non-hydrogen) atoms. The molecule has 1 nitrogen and oxygen atoms in total. The first-order valence-corrected chi connectivity index (χ1v) is 4.68. The maximum atomic E-state index is 6.01. The van der Waals surface area contributed by atoms with E-state index in [0.717, 1.165) is 0 Å². The quantitative estimate of drug-likeness (QED) is 0.672. The van der Waals surface area contributed by atoms with Crippen LogP contribution in [0.5, 0.6) is 0 Å². The van der Waals surface area contributed by atoms with Gasteiger partial charge in [0.25, 0.3) is 0 Å². The SMILES string of the molecule is N[C@H]1CCC[C@H]1c1ccccc1. The van der Waals surface area contributed by atoms with Gasteiger partial charge in [-0.25, -0.2) is 0 Å². The highest BCUT2D eigenvalue weighted by Gasteiger charge is 2.24. The minimum atomic E-state index is 0.396. The van der Waals surface area contributed by atoms with Crippen molar-refractivity contribution in [1.82, 2.24) is 0 Å². The number of hydrogen-bond acceptors (Lipinski definition) is 1. The molecule has 1 saturated carbocycles.